The van der Waals surface area contributed by atoms with Gasteiger partial charge in [0.25, 0.3) is 0 Å². The lowest BCUT2D eigenvalue weighted by Crippen LogP contribution is -1.98. The molecule has 0 bridgehead atoms. The Kier molecular flexibility index (Phi) is 3.38. The number of thioether (sulfide) groups is 1. The standard InChI is InChI=1S/C6H11N3OS/c1-11-3-2-6-8-5(4-7)9-10-6/h2-4,7H2,1H3. The second-order valence-electron chi connectivity index (χ2n) is 2.05. The molecule has 1 aromatic rings. The van der Waals surface area contributed by atoms with Gasteiger partial charge in [-0.25, -0.2) is 0 Å². The molecule has 0 aromatic carbocycles. The molecule has 0 aliphatic heterocycles. The summed E-state index contributed by atoms with van der Waals surface area (Å²) in [5.41, 5.74) is 5.30. The molecule has 0 saturated heterocycles. The molecular formula is C6H11N3OS. The minimum absolute atomic E-state index is 0.350. The van der Waals surface area contributed by atoms with Gasteiger partial charge in [-0.2, -0.15) is 16.7 Å². The Hall–Kier alpha value is -0.550. The highest BCUT2D eigenvalue weighted by Gasteiger charge is 2.02. The molecule has 0 radical (unpaired) electrons. The average molecular weight is 173 g/mol. The van der Waals surface area contributed by atoms with Crippen LogP contribution in [0, 0.1) is 0 Å². The Morgan fingerprint density at radius 3 is 3.00 bits per heavy atom. The summed E-state index contributed by atoms with van der Waals surface area (Å²) >= 11 is 1.75. The van der Waals surface area contributed by atoms with E-state index in [0.29, 0.717) is 18.3 Å². The highest BCUT2D eigenvalue weighted by molar-refractivity contribution is 7.98. The van der Waals surface area contributed by atoms with Gasteiger partial charge in [0.1, 0.15) is 0 Å². The molecule has 0 fully saturated rings. The molecular weight excluding hydrogens is 162 g/mol. The van der Waals surface area contributed by atoms with E-state index in [1.807, 2.05) is 6.26 Å². The Labute approximate surface area is 69.5 Å². The first-order valence-electron chi connectivity index (χ1n) is 3.37. The number of hydrogen-bond donors (Lipinski definition) is 1. The van der Waals surface area contributed by atoms with E-state index >= 15 is 0 Å². The first-order chi connectivity index (χ1) is 5.36. The van der Waals surface area contributed by atoms with Gasteiger partial charge in [-0.3, -0.25) is 0 Å². The van der Waals surface area contributed by atoms with Crippen LogP contribution in [0.3, 0.4) is 0 Å². The molecule has 0 saturated carbocycles. The maximum Gasteiger partial charge on any atom is 0.227 e. The first kappa shape index (κ1) is 8.55. The lowest BCUT2D eigenvalue weighted by Gasteiger charge is -1.87. The Balaban J connectivity index is 2.44. The fourth-order valence-corrected chi connectivity index (χ4v) is 1.04. The summed E-state index contributed by atoms with van der Waals surface area (Å²) in [6, 6.07) is 0. The van der Waals surface area contributed by atoms with Crippen molar-refractivity contribution in [2.75, 3.05) is 12.0 Å². The van der Waals surface area contributed by atoms with E-state index < -0.39 is 0 Å². The lowest BCUT2D eigenvalue weighted by molar-refractivity contribution is 0.377. The van der Waals surface area contributed by atoms with Crippen molar-refractivity contribution in [3.8, 4) is 0 Å². The van der Waals surface area contributed by atoms with Gasteiger partial charge in [-0.05, 0) is 6.26 Å². The summed E-state index contributed by atoms with van der Waals surface area (Å²) in [6.07, 6.45) is 2.87. The summed E-state index contributed by atoms with van der Waals surface area (Å²) in [7, 11) is 0. The molecule has 1 heterocycles. The summed E-state index contributed by atoms with van der Waals surface area (Å²) < 4.78 is 4.90. The first-order valence-corrected chi connectivity index (χ1v) is 4.76. The SMILES string of the molecule is CSCCc1nc(CN)no1. The van der Waals surface area contributed by atoms with E-state index in [-0.39, 0.29) is 0 Å². The van der Waals surface area contributed by atoms with Crippen LogP contribution < -0.4 is 5.73 Å². The van der Waals surface area contributed by atoms with E-state index in [4.69, 9.17) is 10.3 Å². The number of hydrogen-bond acceptors (Lipinski definition) is 5. The molecule has 4 nitrogen and oxygen atoms in total. The van der Waals surface area contributed by atoms with Crippen LogP contribution in [0.25, 0.3) is 0 Å². The van der Waals surface area contributed by atoms with Gasteiger partial charge < -0.3 is 10.3 Å². The number of aromatic nitrogens is 2. The molecule has 0 spiro atoms. The normalized spacial score (nSPS) is 10.4. The Morgan fingerprint density at radius 1 is 1.64 bits per heavy atom. The van der Waals surface area contributed by atoms with Gasteiger partial charge in [0.15, 0.2) is 5.82 Å². The topological polar surface area (TPSA) is 64.9 Å². The Bertz CT molecular complexity index is 213. The van der Waals surface area contributed by atoms with Crippen molar-refractivity contribution in [2.45, 2.75) is 13.0 Å². The highest BCUT2D eigenvalue weighted by Crippen LogP contribution is 2.01. The van der Waals surface area contributed by atoms with Crippen LogP contribution in [0.2, 0.25) is 0 Å². The van der Waals surface area contributed by atoms with Gasteiger partial charge in [0.2, 0.25) is 5.89 Å². The van der Waals surface area contributed by atoms with E-state index in [1.165, 1.54) is 0 Å². The van der Waals surface area contributed by atoms with Crippen LogP contribution in [0.5, 0.6) is 0 Å². The number of aryl methyl sites for hydroxylation is 1. The molecule has 5 heteroatoms. The summed E-state index contributed by atoms with van der Waals surface area (Å²) in [5, 5.41) is 3.67. The fourth-order valence-electron chi connectivity index (χ4n) is 0.664. The number of nitrogens with two attached hydrogens (primary N) is 1. The Morgan fingerprint density at radius 2 is 2.45 bits per heavy atom. The molecule has 0 amide bonds. The molecule has 0 atom stereocenters. The van der Waals surface area contributed by atoms with E-state index in [1.54, 1.807) is 11.8 Å². The van der Waals surface area contributed by atoms with Crippen LogP contribution in [-0.2, 0) is 13.0 Å². The van der Waals surface area contributed by atoms with Gasteiger partial charge in [-0.15, -0.1) is 0 Å². The summed E-state index contributed by atoms with van der Waals surface area (Å²) in [4.78, 5) is 4.05. The third-order valence-electron chi connectivity index (χ3n) is 1.21. The van der Waals surface area contributed by atoms with Gasteiger partial charge in [0.05, 0.1) is 6.54 Å². The maximum absolute atomic E-state index is 5.30. The highest BCUT2D eigenvalue weighted by atomic mass is 32.2. The predicted molar refractivity (Wildman–Crippen MR) is 44.3 cm³/mol. The number of nitrogens with zero attached hydrogens (tertiary/aromatic N) is 2. The fraction of sp³-hybridized carbons (Fsp3) is 0.667. The third-order valence-corrected chi connectivity index (χ3v) is 1.83. The largest absolute Gasteiger partial charge is 0.339 e. The third kappa shape index (κ3) is 2.51. The van der Waals surface area contributed by atoms with Crippen LogP contribution in [0.4, 0.5) is 0 Å². The smallest absolute Gasteiger partial charge is 0.227 e. The van der Waals surface area contributed by atoms with Crippen molar-refractivity contribution < 1.29 is 4.52 Å². The van der Waals surface area contributed by atoms with Crippen molar-refractivity contribution in [2.24, 2.45) is 5.73 Å². The quantitative estimate of drug-likeness (QED) is 0.715. The minimum atomic E-state index is 0.350. The van der Waals surface area contributed by atoms with Crippen LogP contribution in [0.1, 0.15) is 11.7 Å². The molecule has 1 rings (SSSR count). The zero-order valence-corrected chi connectivity index (χ0v) is 7.23. The van der Waals surface area contributed by atoms with Crippen molar-refractivity contribution in [1.82, 2.24) is 10.1 Å². The molecule has 2 N–H and O–H groups in total. The molecule has 0 aliphatic carbocycles. The van der Waals surface area contributed by atoms with E-state index in [2.05, 4.69) is 10.1 Å². The van der Waals surface area contributed by atoms with Crippen molar-refractivity contribution >= 4 is 11.8 Å². The second kappa shape index (κ2) is 4.35. The zero-order valence-electron chi connectivity index (χ0n) is 6.41. The molecule has 62 valence electrons. The van der Waals surface area contributed by atoms with Crippen molar-refractivity contribution in [3.05, 3.63) is 11.7 Å². The average Bonchev–Trinajstić information content (AvgIpc) is 2.48. The summed E-state index contributed by atoms with van der Waals surface area (Å²) in [5.74, 6) is 2.27. The van der Waals surface area contributed by atoms with Gasteiger partial charge in [-0.1, -0.05) is 5.16 Å². The second-order valence-corrected chi connectivity index (χ2v) is 3.04. The van der Waals surface area contributed by atoms with E-state index in [0.717, 1.165) is 12.2 Å². The monoisotopic (exact) mass is 173 g/mol. The molecule has 11 heavy (non-hydrogen) atoms. The molecule has 1 aromatic heterocycles. The number of rotatable bonds is 4. The van der Waals surface area contributed by atoms with Crippen molar-refractivity contribution in [3.63, 3.8) is 0 Å². The van der Waals surface area contributed by atoms with Gasteiger partial charge >= 0.3 is 0 Å². The molecule has 0 aliphatic rings. The minimum Gasteiger partial charge on any atom is -0.339 e. The zero-order chi connectivity index (χ0) is 8.10. The van der Waals surface area contributed by atoms with Crippen molar-refractivity contribution in [1.29, 1.82) is 0 Å². The molecule has 0 unspecified atom stereocenters. The van der Waals surface area contributed by atoms with Crippen LogP contribution >= 0.6 is 11.8 Å². The van der Waals surface area contributed by atoms with Gasteiger partial charge in [0, 0.05) is 12.2 Å². The summed E-state index contributed by atoms with van der Waals surface area (Å²) in [6.45, 7) is 0.350. The maximum atomic E-state index is 5.30. The van der Waals surface area contributed by atoms with Crippen LogP contribution in [-0.4, -0.2) is 22.1 Å². The lowest BCUT2D eigenvalue weighted by atomic mass is 10.5. The van der Waals surface area contributed by atoms with Crippen LogP contribution in [0.15, 0.2) is 4.52 Å². The predicted octanol–water partition coefficient (Wildman–Crippen LogP) is 0.434. The van der Waals surface area contributed by atoms with E-state index in [9.17, 15) is 0 Å².